The number of carbonyl (C=O) groups excluding carboxylic acids is 1. The number of rotatable bonds is 8. The first-order valence-corrected chi connectivity index (χ1v) is 11.5. The molecule has 4 rings (SSSR count). The number of carbonyl (C=O) groups is 1. The number of aromatic nitrogens is 3. The van der Waals surface area contributed by atoms with Gasteiger partial charge >= 0.3 is 12.2 Å². The Morgan fingerprint density at radius 2 is 1.62 bits per heavy atom. The van der Waals surface area contributed by atoms with E-state index in [9.17, 15) is 22.4 Å². The van der Waals surface area contributed by atoms with E-state index in [1.807, 2.05) is 13.8 Å². The van der Waals surface area contributed by atoms with Crippen molar-refractivity contribution < 1.29 is 27.1 Å². The number of halogens is 4. The van der Waals surface area contributed by atoms with Gasteiger partial charge in [0, 0.05) is 17.7 Å². The maximum Gasteiger partial charge on any atom is 0.416 e. The van der Waals surface area contributed by atoms with Crippen molar-refractivity contribution in [3.8, 4) is 23.1 Å². The Balaban J connectivity index is 1.63. The zero-order valence-corrected chi connectivity index (χ0v) is 20.1. The zero-order valence-electron chi connectivity index (χ0n) is 20.1. The van der Waals surface area contributed by atoms with Crippen LogP contribution in [0.2, 0.25) is 0 Å². The Hall–Kier alpha value is -4.21. The van der Waals surface area contributed by atoms with E-state index in [2.05, 4.69) is 15.4 Å². The Morgan fingerprint density at radius 3 is 2.22 bits per heavy atom. The van der Waals surface area contributed by atoms with Crippen molar-refractivity contribution in [1.29, 1.82) is 0 Å². The summed E-state index contributed by atoms with van der Waals surface area (Å²) in [6, 6.07) is 17.1. The molecular weight excluding hydrogens is 488 g/mol. The van der Waals surface area contributed by atoms with Gasteiger partial charge in [-0.05, 0) is 60.0 Å². The lowest BCUT2D eigenvalue weighted by Gasteiger charge is -2.10. The average molecular weight is 513 g/mol. The highest BCUT2D eigenvalue weighted by Crippen LogP contribution is 2.32. The van der Waals surface area contributed by atoms with Gasteiger partial charge in [0.2, 0.25) is 5.91 Å². The molecule has 1 aromatic heterocycles. The predicted molar refractivity (Wildman–Crippen MR) is 131 cm³/mol. The number of benzene rings is 3. The second-order valence-corrected chi connectivity index (χ2v) is 8.81. The van der Waals surface area contributed by atoms with Crippen molar-refractivity contribution in [3.05, 3.63) is 89.7 Å². The number of hydrogen-bond donors (Lipinski definition) is 1. The molecule has 1 N–H and O–H groups in total. The van der Waals surface area contributed by atoms with Crippen LogP contribution in [0.3, 0.4) is 0 Å². The molecule has 3 aromatic carbocycles. The second kappa shape index (κ2) is 10.8. The van der Waals surface area contributed by atoms with Crippen molar-refractivity contribution in [3.63, 3.8) is 0 Å². The number of hydrogen-bond acceptors (Lipinski definition) is 4. The van der Waals surface area contributed by atoms with Gasteiger partial charge in [-0.15, -0.1) is 5.10 Å². The van der Waals surface area contributed by atoms with Crippen LogP contribution in [0, 0.1) is 11.7 Å². The minimum absolute atomic E-state index is 0.00599. The van der Waals surface area contributed by atoms with E-state index in [0.717, 1.165) is 12.1 Å². The molecule has 0 radical (unpaired) electrons. The zero-order chi connectivity index (χ0) is 26.6. The third-order valence-electron chi connectivity index (χ3n) is 5.33. The van der Waals surface area contributed by atoms with Crippen LogP contribution >= 0.6 is 0 Å². The van der Waals surface area contributed by atoms with Gasteiger partial charge in [-0.2, -0.15) is 18.2 Å². The highest BCUT2D eigenvalue weighted by Gasteiger charge is 2.30. The van der Waals surface area contributed by atoms with Gasteiger partial charge in [0.25, 0.3) is 0 Å². The fourth-order valence-electron chi connectivity index (χ4n) is 3.53. The van der Waals surface area contributed by atoms with Gasteiger partial charge in [0.15, 0.2) is 5.82 Å². The fraction of sp³-hybridized carbons (Fsp3) is 0.222. The first-order chi connectivity index (χ1) is 17.6. The van der Waals surface area contributed by atoms with Crippen LogP contribution in [0.1, 0.15) is 31.4 Å². The molecular formula is C27H24F4N4O2. The summed E-state index contributed by atoms with van der Waals surface area (Å²) in [4.78, 5) is 16.5. The molecule has 0 saturated heterocycles. The van der Waals surface area contributed by atoms with E-state index < -0.39 is 11.7 Å². The smallest absolute Gasteiger partial charge is 0.416 e. The van der Waals surface area contributed by atoms with Crippen molar-refractivity contribution in [2.45, 2.75) is 33.1 Å². The summed E-state index contributed by atoms with van der Waals surface area (Å²) < 4.78 is 59.5. The number of ether oxygens (including phenoxy) is 1. The number of nitrogens with zero attached hydrogens (tertiary/aromatic N) is 3. The largest absolute Gasteiger partial charge is 0.457 e. The van der Waals surface area contributed by atoms with Gasteiger partial charge in [-0.3, -0.25) is 4.79 Å². The van der Waals surface area contributed by atoms with E-state index >= 15 is 0 Å². The molecule has 0 saturated carbocycles. The van der Waals surface area contributed by atoms with Crippen molar-refractivity contribution >= 4 is 11.6 Å². The fourth-order valence-corrected chi connectivity index (χ4v) is 3.53. The summed E-state index contributed by atoms with van der Waals surface area (Å²) in [5.41, 5.74) is 1.46. The van der Waals surface area contributed by atoms with Crippen LogP contribution in [0.5, 0.6) is 6.01 Å². The number of amides is 1. The molecule has 0 spiro atoms. The third-order valence-corrected chi connectivity index (χ3v) is 5.33. The standard InChI is InChI=1S/C27H24F4N4O2/c1-17(2)15-24(36)32-22-11-13-23(14-12-22)35-25(19-5-7-20(8-6-19)27(29,30)31)33-26(34-35)37-16-18-3-9-21(28)10-4-18/h3-14,17H,15-16H2,1-2H3,(H,32,36). The lowest BCUT2D eigenvalue weighted by atomic mass is 10.1. The molecule has 4 aromatic rings. The molecule has 6 nitrogen and oxygen atoms in total. The lowest BCUT2D eigenvalue weighted by Crippen LogP contribution is -2.13. The van der Waals surface area contributed by atoms with Gasteiger partial charge in [-0.25, -0.2) is 9.07 Å². The minimum atomic E-state index is -4.47. The SMILES string of the molecule is CC(C)CC(=O)Nc1ccc(-n2nc(OCc3ccc(F)cc3)nc2-c2ccc(C(F)(F)F)cc2)cc1. The number of alkyl halides is 3. The van der Waals surface area contributed by atoms with Gasteiger partial charge in [-0.1, -0.05) is 38.1 Å². The molecule has 0 atom stereocenters. The quantitative estimate of drug-likeness (QED) is 0.268. The van der Waals surface area contributed by atoms with Crippen LogP contribution < -0.4 is 10.1 Å². The topological polar surface area (TPSA) is 69.0 Å². The molecule has 0 aliphatic rings. The average Bonchev–Trinajstić information content (AvgIpc) is 3.27. The normalized spacial score (nSPS) is 11.5. The third kappa shape index (κ3) is 6.72. The maximum absolute atomic E-state index is 13.2. The Bertz CT molecular complexity index is 1350. The van der Waals surface area contributed by atoms with Crippen LogP contribution in [0.4, 0.5) is 23.2 Å². The molecule has 1 heterocycles. The summed E-state index contributed by atoms with van der Waals surface area (Å²) in [7, 11) is 0. The van der Waals surface area contributed by atoms with Crippen LogP contribution in [-0.2, 0) is 17.6 Å². The van der Waals surface area contributed by atoms with Gasteiger partial charge < -0.3 is 10.1 Å². The highest BCUT2D eigenvalue weighted by molar-refractivity contribution is 5.90. The van der Waals surface area contributed by atoms with E-state index in [1.54, 1.807) is 36.4 Å². The van der Waals surface area contributed by atoms with Crippen molar-refractivity contribution in [2.75, 3.05) is 5.32 Å². The molecule has 192 valence electrons. The Labute approximate surface area is 210 Å². The molecule has 0 aliphatic carbocycles. The molecule has 0 bridgehead atoms. The Morgan fingerprint density at radius 1 is 0.973 bits per heavy atom. The summed E-state index contributed by atoms with van der Waals surface area (Å²) in [5.74, 6) is -0.00140. The molecule has 0 unspecified atom stereocenters. The highest BCUT2D eigenvalue weighted by atomic mass is 19.4. The molecule has 0 fully saturated rings. The number of nitrogens with one attached hydrogen (secondary N) is 1. The van der Waals surface area contributed by atoms with E-state index in [-0.39, 0.29) is 36.1 Å². The monoisotopic (exact) mass is 512 g/mol. The van der Waals surface area contributed by atoms with Crippen LogP contribution in [0.15, 0.2) is 72.8 Å². The summed E-state index contributed by atoms with van der Waals surface area (Å²) in [6.45, 7) is 3.97. The van der Waals surface area contributed by atoms with Crippen molar-refractivity contribution in [1.82, 2.24) is 14.8 Å². The first kappa shape index (κ1) is 25.9. The predicted octanol–water partition coefficient (Wildman–Crippen LogP) is 6.66. The maximum atomic E-state index is 13.2. The minimum Gasteiger partial charge on any atom is -0.457 e. The van der Waals surface area contributed by atoms with E-state index in [1.165, 1.54) is 28.9 Å². The lowest BCUT2D eigenvalue weighted by molar-refractivity contribution is -0.137. The van der Waals surface area contributed by atoms with E-state index in [4.69, 9.17) is 4.74 Å². The summed E-state index contributed by atoms with van der Waals surface area (Å²) in [5, 5.41) is 7.21. The van der Waals surface area contributed by atoms with Crippen LogP contribution in [0.25, 0.3) is 17.1 Å². The molecule has 0 aliphatic heterocycles. The van der Waals surface area contributed by atoms with E-state index in [0.29, 0.717) is 28.9 Å². The van der Waals surface area contributed by atoms with Crippen molar-refractivity contribution in [2.24, 2.45) is 5.92 Å². The summed E-state index contributed by atoms with van der Waals surface area (Å²) >= 11 is 0. The Kier molecular flexibility index (Phi) is 7.56. The first-order valence-electron chi connectivity index (χ1n) is 11.5. The molecule has 1 amide bonds. The number of anilines is 1. The molecule has 10 heteroatoms. The van der Waals surface area contributed by atoms with Gasteiger partial charge in [0.1, 0.15) is 12.4 Å². The van der Waals surface area contributed by atoms with Crippen LogP contribution in [-0.4, -0.2) is 20.7 Å². The molecule has 37 heavy (non-hydrogen) atoms. The van der Waals surface area contributed by atoms with Gasteiger partial charge in [0.05, 0.1) is 11.3 Å². The second-order valence-electron chi connectivity index (χ2n) is 8.81. The summed E-state index contributed by atoms with van der Waals surface area (Å²) in [6.07, 6.45) is -4.08.